The molecule has 5 heteroatoms. The second kappa shape index (κ2) is 6.93. The average molecular weight is 300 g/mol. The third-order valence-corrected chi connectivity index (χ3v) is 3.72. The summed E-state index contributed by atoms with van der Waals surface area (Å²) in [7, 11) is 1.35. The van der Waals surface area contributed by atoms with Gasteiger partial charge in [0.2, 0.25) is 0 Å². The van der Waals surface area contributed by atoms with Crippen molar-refractivity contribution in [2.75, 3.05) is 7.11 Å². The van der Waals surface area contributed by atoms with Gasteiger partial charge in [0, 0.05) is 11.9 Å². The van der Waals surface area contributed by atoms with E-state index in [1.807, 2.05) is 37.3 Å². The van der Waals surface area contributed by atoms with Crippen LogP contribution in [0.2, 0.25) is 0 Å². The minimum absolute atomic E-state index is 0.219. The molecular weight excluding hydrogens is 280 g/mol. The fraction of sp³-hybridized carbons (Fsp3) is 0.294. The molecule has 2 aromatic rings. The Balaban J connectivity index is 2.27. The fourth-order valence-corrected chi connectivity index (χ4v) is 2.40. The summed E-state index contributed by atoms with van der Waals surface area (Å²) in [6.45, 7) is 3.57. The van der Waals surface area contributed by atoms with Gasteiger partial charge in [-0.3, -0.25) is 9.59 Å². The maximum Gasteiger partial charge on any atom is 0.310 e. The van der Waals surface area contributed by atoms with Crippen molar-refractivity contribution in [2.24, 2.45) is 5.92 Å². The number of hydrogen-bond acceptors (Lipinski definition) is 3. The molecule has 2 atom stereocenters. The van der Waals surface area contributed by atoms with Gasteiger partial charge >= 0.3 is 5.97 Å². The summed E-state index contributed by atoms with van der Waals surface area (Å²) < 4.78 is 4.81. The van der Waals surface area contributed by atoms with E-state index in [-0.39, 0.29) is 11.9 Å². The molecule has 0 saturated carbocycles. The van der Waals surface area contributed by atoms with E-state index in [1.165, 1.54) is 7.11 Å². The minimum Gasteiger partial charge on any atom is -0.469 e. The maximum absolute atomic E-state index is 12.4. The zero-order valence-corrected chi connectivity index (χ0v) is 12.9. The standard InChI is InChI=1S/C17H20N2O3/c1-11(17(21)22-3)15(13-7-5-4-6-8-13)19-16(20)14-9-10-18-12(14)2/h4-11,15,18H,1-3H3,(H,19,20). The van der Waals surface area contributed by atoms with Crippen LogP contribution in [0.4, 0.5) is 0 Å². The van der Waals surface area contributed by atoms with Crippen molar-refractivity contribution < 1.29 is 14.3 Å². The van der Waals surface area contributed by atoms with E-state index in [1.54, 1.807) is 19.2 Å². The Labute approximate surface area is 129 Å². The van der Waals surface area contributed by atoms with Crippen LogP contribution in [-0.4, -0.2) is 24.0 Å². The molecule has 116 valence electrons. The number of esters is 1. The van der Waals surface area contributed by atoms with E-state index >= 15 is 0 Å². The average Bonchev–Trinajstić information content (AvgIpc) is 2.98. The number of carbonyl (C=O) groups excluding carboxylic acids is 2. The quantitative estimate of drug-likeness (QED) is 0.834. The van der Waals surface area contributed by atoms with Gasteiger partial charge in [-0.2, -0.15) is 0 Å². The van der Waals surface area contributed by atoms with Crippen LogP contribution in [0, 0.1) is 12.8 Å². The van der Waals surface area contributed by atoms with E-state index < -0.39 is 12.0 Å². The number of carbonyl (C=O) groups is 2. The zero-order chi connectivity index (χ0) is 16.1. The topological polar surface area (TPSA) is 71.2 Å². The van der Waals surface area contributed by atoms with Gasteiger partial charge in [0.15, 0.2) is 0 Å². The first kappa shape index (κ1) is 15.8. The molecule has 0 spiro atoms. The number of aromatic amines is 1. The van der Waals surface area contributed by atoms with Gasteiger partial charge in [0.25, 0.3) is 5.91 Å². The molecular formula is C17H20N2O3. The molecule has 0 aliphatic heterocycles. The number of methoxy groups -OCH3 is 1. The van der Waals surface area contributed by atoms with Crippen molar-refractivity contribution >= 4 is 11.9 Å². The van der Waals surface area contributed by atoms with Gasteiger partial charge in [0.1, 0.15) is 0 Å². The van der Waals surface area contributed by atoms with Gasteiger partial charge in [0.05, 0.1) is 24.6 Å². The van der Waals surface area contributed by atoms with Crippen LogP contribution in [0.15, 0.2) is 42.6 Å². The largest absolute Gasteiger partial charge is 0.469 e. The molecule has 2 unspecified atom stereocenters. The molecule has 0 radical (unpaired) electrons. The SMILES string of the molecule is COC(=O)C(C)C(NC(=O)c1cc[nH]c1C)c1ccccc1. The fourth-order valence-electron chi connectivity index (χ4n) is 2.40. The van der Waals surface area contributed by atoms with Gasteiger partial charge < -0.3 is 15.0 Å². The summed E-state index contributed by atoms with van der Waals surface area (Å²) in [6.07, 6.45) is 1.71. The van der Waals surface area contributed by atoms with Crippen LogP contribution < -0.4 is 5.32 Å². The summed E-state index contributed by atoms with van der Waals surface area (Å²) in [5.41, 5.74) is 2.22. The normalized spacial score (nSPS) is 13.2. The molecule has 22 heavy (non-hydrogen) atoms. The summed E-state index contributed by atoms with van der Waals surface area (Å²) >= 11 is 0. The Morgan fingerprint density at radius 1 is 1.18 bits per heavy atom. The number of hydrogen-bond donors (Lipinski definition) is 2. The number of nitrogens with one attached hydrogen (secondary N) is 2. The van der Waals surface area contributed by atoms with Crippen LogP contribution in [0.1, 0.15) is 34.6 Å². The molecule has 0 saturated heterocycles. The predicted octanol–water partition coefficient (Wildman–Crippen LogP) is 2.60. The minimum atomic E-state index is -0.490. The lowest BCUT2D eigenvalue weighted by molar-refractivity contribution is -0.145. The Morgan fingerprint density at radius 3 is 2.41 bits per heavy atom. The predicted molar refractivity (Wildman–Crippen MR) is 83.4 cm³/mol. The van der Waals surface area contributed by atoms with E-state index in [4.69, 9.17) is 4.74 Å². The van der Waals surface area contributed by atoms with Crippen molar-refractivity contribution in [3.63, 3.8) is 0 Å². The van der Waals surface area contributed by atoms with Gasteiger partial charge in [-0.15, -0.1) is 0 Å². The summed E-state index contributed by atoms with van der Waals surface area (Å²) in [5, 5.41) is 2.93. The number of ether oxygens (including phenoxy) is 1. The molecule has 0 aliphatic carbocycles. The molecule has 1 aromatic heterocycles. The number of rotatable bonds is 5. The molecule has 2 N–H and O–H groups in total. The van der Waals surface area contributed by atoms with Crippen LogP contribution >= 0.6 is 0 Å². The summed E-state index contributed by atoms with van der Waals surface area (Å²) in [6, 6.07) is 10.7. The first-order valence-corrected chi connectivity index (χ1v) is 7.12. The molecule has 5 nitrogen and oxygen atoms in total. The first-order valence-electron chi connectivity index (χ1n) is 7.12. The second-order valence-corrected chi connectivity index (χ2v) is 5.19. The van der Waals surface area contributed by atoms with Crippen molar-refractivity contribution in [3.8, 4) is 0 Å². The second-order valence-electron chi connectivity index (χ2n) is 5.19. The van der Waals surface area contributed by atoms with Gasteiger partial charge in [-0.1, -0.05) is 30.3 Å². The lowest BCUT2D eigenvalue weighted by Crippen LogP contribution is -2.36. The van der Waals surface area contributed by atoms with E-state index in [9.17, 15) is 9.59 Å². The molecule has 0 fully saturated rings. The Kier molecular flexibility index (Phi) is 4.99. The molecule has 0 bridgehead atoms. The lowest BCUT2D eigenvalue weighted by Gasteiger charge is -2.24. The first-order chi connectivity index (χ1) is 10.5. The summed E-state index contributed by atoms with van der Waals surface area (Å²) in [5.74, 6) is -1.07. The third kappa shape index (κ3) is 3.36. The highest BCUT2D eigenvalue weighted by Gasteiger charge is 2.28. The Hall–Kier alpha value is -2.56. The van der Waals surface area contributed by atoms with Crippen LogP contribution in [0.3, 0.4) is 0 Å². The number of H-pyrrole nitrogens is 1. The van der Waals surface area contributed by atoms with Crippen molar-refractivity contribution in [2.45, 2.75) is 19.9 Å². The number of amides is 1. The third-order valence-electron chi connectivity index (χ3n) is 3.72. The number of aryl methyl sites for hydroxylation is 1. The van der Waals surface area contributed by atoms with Crippen molar-refractivity contribution in [1.29, 1.82) is 0 Å². The highest BCUT2D eigenvalue weighted by atomic mass is 16.5. The van der Waals surface area contributed by atoms with Gasteiger partial charge in [-0.25, -0.2) is 0 Å². The van der Waals surface area contributed by atoms with Crippen LogP contribution in [0.25, 0.3) is 0 Å². The van der Waals surface area contributed by atoms with Gasteiger partial charge in [-0.05, 0) is 25.5 Å². The van der Waals surface area contributed by atoms with E-state index in [0.29, 0.717) is 5.56 Å². The zero-order valence-electron chi connectivity index (χ0n) is 12.9. The Morgan fingerprint density at radius 2 is 1.86 bits per heavy atom. The van der Waals surface area contributed by atoms with E-state index in [2.05, 4.69) is 10.3 Å². The molecule has 1 amide bonds. The van der Waals surface area contributed by atoms with Crippen LogP contribution in [0.5, 0.6) is 0 Å². The van der Waals surface area contributed by atoms with E-state index in [0.717, 1.165) is 11.3 Å². The molecule has 2 rings (SSSR count). The lowest BCUT2D eigenvalue weighted by atomic mass is 9.94. The highest BCUT2D eigenvalue weighted by Crippen LogP contribution is 2.23. The molecule has 1 aromatic carbocycles. The molecule has 1 heterocycles. The van der Waals surface area contributed by atoms with Crippen molar-refractivity contribution in [1.82, 2.24) is 10.3 Å². The number of benzene rings is 1. The van der Waals surface area contributed by atoms with Crippen LogP contribution in [-0.2, 0) is 9.53 Å². The smallest absolute Gasteiger partial charge is 0.310 e. The maximum atomic E-state index is 12.4. The monoisotopic (exact) mass is 300 g/mol. The summed E-state index contributed by atoms with van der Waals surface area (Å²) in [4.78, 5) is 27.3. The highest BCUT2D eigenvalue weighted by molar-refractivity contribution is 5.95. The molecule has 0 aliphatic rings. The Bertz CT molecular complexity index is 649. The number of aromatic nitrogens is 1. The van der Waals surface area contributed by atoms with Crippen molar-refractivity contribution in [3.05, 3.63) is 59.4 Å².